The maximum absolute atomic E-state index is 12.5. The highest BCUT2D eigenvalue weighted by Crippen LogP contribution is 2.30. The molecule has 0 spiro atoms. The number of ether oxygens (including phenoxy) is 2. The quantitative estimate of drug-likeness (QED) is 0.141. The number of anilines is 2. The monoisotopic (exact) mass is 476 g/mol. The van der Waals surface area contributed by atoms with Crippen LogP contribution in [0.1, 0.15) is 66.4 Å². The van der Waals surface area contributed by atoms with Gasteiger partial charge in [0.05, 0.1) is 12.2 Å². The van der Waals surface area contributed by atoms with Gasteiger partial charge in [-0.1, -0.05) is 24.6 Å². The van der Waals surface area contributed by atoms with Gasteiger partial charge in [-0.15, -0.1) is 6.58 Å². The van der Waals surface area contributed by atoms with Crippen molar-refractivity contribution in [2.45, 2.75) is 57.5 Å². The lowest BCUT2D eigenvalue weighted by Crippen LogP contribution is -2.24. The molecule has 6 nitrogen and oxygen atoms in total. The van der Waals surface area contributed by atoms with Crippen LogP contribution in [0.2, 0.25) is 0 Å². The van der Waals surface area contributed by atoms with Gasteiger partial charge in [0.15, 0.2) is 0 Å². The Labute approximate surface area is 208 Å². The van der Waals surface area contributed by atoms with Gasteiger partial charge in [0.1, 0.15) is 6.10 Å². The van der Waals surface area contributed by atoms with E-state index in [4.69, 9.17) is 20.9 Å². The van der Waals surface area contributed by atoms with E-state index >= 15 is 0 Å². The number of allylic oxidation sites excluding steroid dienone is 1. The van der Waals surface area contributed by atoms with E-state index in [1.165, 1.54) is 18.9 Å². The Morgan fingerprint density at radius 2 is 1.69 bits per heavy atom. The summed E-state index contributed by atoms with van der Waals surface area (Å²) in [4.78, 5) is 24.5. The normalized spacial score (nSPS) is 17.7. The maximum Gasteiger partial charge on any atom is 0.338 e. The summed E-state index contributed by atoms with van der Waals surface area (Å²) in [7, 11) is 0. The second-order valence-electron chi connectivity index (χ2n) is 9.15. The zero-order valence-corrected chi connectivity index (χ0v) is 20.3. The van der Waals surface area contributed by atoms with Crippen LogP contribution in [0.15, 0.2) is 61.2 Å². The summed E-state index contributed by atoms with van der Waals surface area (Å²) < 4.78 is 11.0. The Kier molecular flexibility index (Phi) is 9.96. The largest absolute Gasteiger partial charge is 0.462 e. The molecule has 35 heavy (non-hydrogen) atoms. The molecule has 0 atom stereocenters. The minimum atomic E-state index is -0.439. The van der Waals surface area contributed by atoms with Crippen LogP contribution in [0.5, 0.6) is 0 Å². The Balaban J connectivity index is 1.39. The minimum absolute atomic E-state index is 0.00346. The minimum Gasteiger partial charge on any atom is -0.462 e. The fourth-order valence-electron chi connectivity index (χ4n) is 4.41. The highest BCUT2D eigenvalue weighted by molar-refractivity contribution is 5.90. The third-order valence-corrected chi connectivity index (χ3v) is 6.32. The molecule has 0 aromatic heterocycles. The fraction of sp³-hybridized carbons (Fsp3) is 0.379. The molecular weight excluding hydrogens is 440 g/mol. The van der Waals surface area contributed by atoms with Crippen molar-refractivity contribution < 1.29 is 19.1 Å². The van der Waals surface area contributed by atoms with E-state index in [0.29, 0.717) is 23.4 Å². The molecule has 186 valence electrons. The molecule has 1 saturated carbocycles. The first-order chi connectivity index (χ1) is 16.9. The van der Waals surface area contributed by atoms with Crippen LogP contribution in [0, 0.1) is 5.92 Å². The average molecular weight is 477 g/mol. The number of carbonyl (C=O) groups is 2. The summed E-state index contributed by atoms with van der Waals surface area (Å²) in [6.45, 7) is 4.01. The smallest absolute Gasteiger partial charge is 0.338 e. The van der Waals surface area contributed by atoms with Crippen molar-refractivity contribution >= 4 is 29.4 Å². The summed E-state index contributed by atoms with van der Waals surface area (Å²) in [5, 5.41) is 0. The van der Waals surface area contributed by atoms with Gasteiger partial charge in [0.2, 0.25) is 0 Å². The molecule has 0 saturated heterocycles. The molecule has 0 bridgehead atoms. The van der Waals surface area contributed by atoms with Crippen molar-refractivity contribution in [1.29, 1.82) is 0 Å². The van der Waals surface area contributed by atoms with Gasteiger partial charge in [-0.2, -0.15) is 0 Å². The van der Waals surface area contributed by atoms with Crippen molar-refractivity contribution in [3.63, 3.8) is 0 Å². The molecule has 0 unspecified atom stereocenters. The second kappa shape index (κ2) is 13.4. The van der Waals surface area contributed by atoms with Crippen LogP contribution in [0.3, 0.4) is 0 Å². The summed E-state index contributed by atoms with van der Waals surface area (Å²) in [5.74, 6) is 0.00119. The number of unbranched alkanes of at least 4 members (excludes halogenated alkanes) is 1. The number of esters is 2. The molecule has 1 aliphatic rings. The van der Waals surface area contributed by atoms with Crippen LogP contribution in [0.25, 0.3) is 6.08 Å². The Bertz CT molecular complexity index is 1000. The lowest BCUT2D eigenvalue weighted by Gasteiger charge is -2.28. The van der Waals surface area contributed by atoms with Gasteiger partial charge in [-0.3, -0.25) is 0 Å². The van der Waals surface area contributed by atoms with Gasteiger partial charge in [0, 0.05) is 23.9 Å². The maximum atomic E-state index is 12.5. The molecular formula is C29H36N2O4. The van der Waals surface area contributed by atoms with Crippen LogP contribution < -0.4 is 11.5 Å². The predicted octanol–water partition coefficient (Wildman–Crippen LogP) is 5.72. The molecule has 3 rings (SSSR count). The Hall–Kier alpha value is -3.54. The number of hydrogen-bond donors (Lipinski definition) is 2. The molecule has 0 heterocycles. The van der Waals surface area contributed by atoms with E-state index in [1.54, 1.807) is 36.4 Å². The SMILES string of the molecule is C=CCCCC1CCC(OC(=O)c2ccc(C=CC(=O)OCCc3cc(N)cc(N)c3)cc2)CC1. The highest BCUT2D eigenvalue weighted by Gasteiger charge is 2.24. The Morgan fingerprint density at radius 1 is 1.00 bits per heavy atom. The zero-order chi connectivity index (χ0) is 25.0. The number of benzene rings is 2. The molecule has 0 aliphatic heterocycles. The number of rotatable bonds is 11. The lowest BCUT2D eigenvalue weighted by atomic mass is 9.84. The summed E-state index contributed by atoms with van der Waals surface area (Å²) >= 11 is 0. The van der Waals surface area contributed by atoms with Crippen LogP contribution in [-0.4, -0.2) is 24.6 Å². The molecule has 2 aromatic carbocycles. The van der Waals surface area contributed by atoms with Gasteiger partial charge in [-0.05, 0) is 92.0 Å². The van der Waals surface area contributed by atoms with Gasteiger partial charge < -0.3 is 20.9 Å². The van der Waals surface area contributed by atoms with Gasteiger partial charge >= 0.3 is 11.9 Å². The topological polar surface area (TPSA) is 105 Å². The number of carbonyl (C=O) groups excluding carboxylic acids is 2. The molecule has 1 aliphatic carbocycles. The molecule has 1 fully saturated rings. The van der Waals surface area contributed by atoms with Crippen LogP contribution in [-0.2, 0) is 20.7 Å². The molecule has 0 amide bonds. The molecule has 6 heteroatoms. The van der Waals surface area contributed by atoms with Crippen molar-refractivity contribution in [1.82, 2.24) is 0 Å². The zero-order valence-electron chi connectivity index (χ0n) is 20.3. The Morgan fingerprint density at radius 3 is 2.34 bits per heavy atom. The van der Waals surface area contributed by atoms with E-state index < -0.39 is 5.97 Å². The van der Waals surface area contributed by atoms with E-state index in [-0.39, 0.29) is 18.7 Å². The predicted molar refractivity (Wildman–Crippen MR) is 141 cm³/mol. The number of hydrogen-bond acceptors (Lipinski definition) is 6. The first kappa shape index (κ1) is 26.1. The first-order valence-corrected chi connectivity index (χ1v) is 12.3. The number of nitrogens with two attached hydrogens (primary N) is 2. The van der Waals surface area contributed by atoms with Gasteiger partial charge in [0.25, 0.3) is 0 Å². The summed E-state index contributed by atoms with van der Waals surface area (Å²) in [6.07, 6.45) is 13.1. The third kappa shape index (κ3) is 8.96. The highest BCUT2D eigenvalue weighted by atomic mass is 16.5. The van der Waals surface area contributed by atoms with Crippen LogP contribution >= 0.6 is 0 Å². The molecule has 4 N–H and O–H groups in total. The number of nitrogen functional groups attached to an aromatic ring is 2. The molecule has 0 radical (unpaired) electrons. The van der Waals surface area contributed by atoms with E-state index in [1.807, 2.05) is 18.2 Å². The van der Waals surface area contributed by atoms with Crippen molar-refractivity contribution in [3.05, 3.63) is 77.9 Å². The van der Waals surface area contributed by atoms with Gasteiger partial charge in [-0.25, -0.2) is 9.59 Å². The third-order valence-electron chi connectivity index (χ3n) is 6.32. The van der Waals surface area contributed by atoms with E-state index in [9.17, 15) is 9.59 Å². The summed E-state index contributed by atoms with van der Waals surface area (Å²) in [5.41, 5.74) is 14.9. The van der Waals surface area contributed by atoms with Crippen molar-refractivity contribution in [3.8, 4) is 0 Å². The summed E-state index contributed by atoms with van der Waals surface area (Å²) in [6, 6.07) is 12.3. The first-order valence-electron chi connectivity index (χ1n) is 12.3. The van der Waals surface area contributed by atoms with Crippen LogP contribution in [0.4, 0.5) is 11.4 Å². The fourth-order valence-corrected chi connectivity index (χ4v) is 4.41. The second-order valence-corrected chi connectivity index (χ2v) is 9.15. The van der Waals surface area contributed by atoms with E-state index in [0.717, 1.165) is 49.1 Å². The van der Waals surface area contributed by atoms with Crippen molar-refractivity contribution in [2.24, 2.45) is 5.92 Å². The molecule has 2 aromatic rings. The standard InChI is InChI=1S/C29H36N2O4/c1-2-3-4-5-21-8-13-27(14-9-21)35-29(33)24-11-6-22(7-12-24)10-15-28(32)34-17-16-23-18-25(30)20-26(31)19-23/h2,6-7,10-12,15,18-21,27H,1,3-5,8-9,13-14,16-17,30-31H2. The lowest BCUT2D eigenvalue weighted by molar-refractivity contribution is -0.137. The average Bonchev–Trinajstić information content (AvgIpc) is 2.84. The van der Waals surface area contributed by atoms with E-state index in [2.05, 4.69) is 6.58 Å². The van der Waals surface area contributed by atoms with Crippen molar-refractivity contribution in [2.75, 3.05) is 18.1 Å².